The number of ether oxygens (including phenoxy) is 1. The van der Waals surface area contributed by atoms with Gasteiger partial charge in [-0.05, 0) is 37.1 Å². The minimum atomic E-state index is -0.0491. The maximum Gasteiger partial charge on any atom is 0.251 e. The van der Waals surface area contributed by atoms with Gasteiger partial charge in [0.05, 0.1) is 0 Å². The van der Waals surface area contributed by atoms with E-state index in [-0.39, 0.29) is 10.7 Å². The molecule has 1 aliphatic heterocycles. The van der Waals surface area contributed by atoms with Crippen LogP contribution in [0.2, 0.25) is 0 Å². The van der Waals surface area contributed by atoms with E-state index >= 15 is 0 Å². The Kier molecular flexibility index (Phi) is 5.31. The van der Waals surface area contributed by atoms with E-state index in [1.165, 1.54) is 4.90 Å². The topological polar surface area (TPSA) is 51.2 Å². The van der Waals surface area contributed by atoms with Crippen molar-refractivity contribution in [1.29, 1.82) is 0 Å². The number of hydrogen-bond acceptors (Lipinski definition) is 4. The van der Waals surface area contributed by atoms with E-state index in [4.69, 9.17) is 4.74 Å². The first-order valence-corrected chi connectivity index (χ1v) is 8.59. The lowest BCUT2D eigenvalue weighted by Crippen LogP contribution is -2.44. The number of thioether (sulfide) groups is 1. The van der Waals surface area contributed by atoms with Crippen LogP contribution in [0.25, 0.3) is 0 Å². The molecule has 1 fully saturated rings. The molecular weight excluding hydrogens is 308 g/mol. The van der Waals surface area contributed by atoms with Crippen LogP contribution in [0.3, 0.4) is 0 Å². The lowest BCUT2D eigenvalue weighted by molar-refractivity contribution is 0.0741. The van der Waals surface area contributed by atoms with Crippen LogP contribution in [0.1, 0.15) is 23.2 Å². The highest BCUT2D eigenvalue weighted by Crippen LogP contribution is 2.40. The third-order valence-corrected chi connectivity index (χ3v) is 5.49. The Morgan fingerprint density at radius 2 is 1.83 bits per heavy atom. The number of hydrogen-bond donors (Lipinski definition) is 1. The lowest BCUT2D eigenvalue weighted by Gasteiger charge is -2.36. The summed E-state index contributed by atoms with van der Waals surface area (Å²) in [6.07, 6.45) is 5.14. The summed E-state index contributed by atoms with van der Waals surface area (Å²) >= 11 is 1.84. The molecule has 1 aliphatic rings. The van der Waals surface area contributed by atoms with Gasteiger partial charge in [0.15, 0.2) is 0 Å². The molecule has 1 aromatic heterocycles. The fraction of sp³-hybridized carbons (Fsp3) is 0.333. The second kappa shape index (κ2) is 7.62. The molecule has 0 bridgehead atoms. The smallest absolute Gasteiger partial charge is 0.251 e. The van der Waals surface area contributed by atoms with E-state index in [9.17, 15) is 4.79 Å². The van der Waals surface area contributed by atoms with Crippen LogP contribution in [-0.2, 0) is 4.74 Å². The van der Waals surface area contributed by atoms with Crippen molar-refractivity contribution in [3.8, 4) is 0 Å². The first-order chi connectivity index (χ1) is 11.3. The minimum absolute atomic E-state index is 0.0116. The summed E-state index contributed by atoms with van der Waals surface area (Å²) in [4.78, 5) is 17.5. The van der Waals surface area contributed by atoms with E-state index < -0.39 is 0 Å². The molecule has 5 heteroatoms. The molecule has 0 unspecified atom stereocenters. The van der Waals surface area contributed by atoms with Crippen LogP contribution in [0.15, 0.2) is 59.8 Å². The van der Waals surface area contributed by atoms with Crippen molar-refractivity contribution in [3.05, 3.63) is 60.4 Å². The predicted molar refractivity (Wildman–Crippen MR) is 91.7 cm³/mol. The van der Waals surface area contributed by atoms with E-state index in [1.54, 1.807) is 24.5 Å². The van der Waals surface area contributed by atoms with Gasteiger partial charge in [-0.15, -0.1) is 11.8 Å². The number of benzene rings is 1. The molecular formula is C18H20N2O2S. The molecule has 3 rings (SSSR count). The van der Waals surface area contributed by atoms with Crippen LogP contribution in [0.5, 0.6) is 0 Å². The minimum Gasteiger partial charge on any atom is -0.381 e. The summed E-state index contributed by atoms with van der Waals surface area (Å²) in [6.45, 7) is 2.12. The number of amides is 1. The highest BCUT2D eigenvalue weighted by molar-refractivity contribution is 8.00. The summed E-state index contributed by atoms with van der Waals surface area (Å²) in [5.41, 5.74) is 0.645. The Morgan fingerprint density at radius 1 is 1.13 bits per heavy atom. The summed E-state index contributed by atoms with van der Waals surface area (Å²) in [5, 5.41) is 3.09. The van der Waals surface area contributed by atoms with Gasteiger partial charge in [0.25, 0.3) is 5.91 Å². The van der Waals surface area contributed by atoms with E-state index in [2.05, 4.69) is 22.4 Å². The summed E-state index contributed by atoms with van der Waals surface area (Å²) < 4.78 is 5.51. The molecule has 1 amide bonds. The molecule has 120 valence electrons. The molecule has 0 radical (unpaired) electrons. The number of nitrogens with one attached hydrogen (secondary N) is 1. The molecule has 0 atom stereocenters. The highest BCUT2D eigenvalue weighted by atomic mass is 32.2. The average Bonchev–Trinajstić information content (AvgIpc) is 2.62. The van der Waals surface area contributed by atoms with Crippen LogP contribution in [0.4, 0.5) is 0 Å². The second-order valence-corrected chi connectivity index (χ2v) is 7.17. The zero-order valence-electron chi connectivity index (χ0n) is 12.9. The Labute approximate surface area is 140 Å². The zero-order valence-corrected chi connectivity index (χ0v) is 13.7. The van der Waals surface area contributed by atoms with Gasteiger partial charge < -0.3 is 10.1 Å². The van der Waals surface area contributed by atoms with Crippen molar-refractivity contribution in [2.45, 2.75) is 22.5 Å². The maximum absolute atomic E-state index is 12.3. The van der Waals surface area contributed by atoms with E-state index in [1.807, 2.05) is 30.0 Å². The monoisotopic (exact) mass is 328 g/mol. The zero-order chi connectivity index (χ0) is 16.0. The van der Waals surface area contributed by atoms with Gasteiger partial charge in [0.2, 0.25) is 0 Å². The number of aromatic nitrogens is 1. The molecule has 23 heavy (non-hydrogen) atoms. The van der Waals surface area contributed by atoms with Gasteiger partial charge in [-0.25, -0.2) is 0 Å². The highest BCUT2D eigenvalue weighted by Gasteiger charge is 2.34. The van der Waals surface area contributed by atoms with Gasteiger partial charge >= 0.3 is 0 Å². The van der Waals surface area contributed by atoms with Crippen molar-refractivity contribution >= 4 is 17.7 Å². The summed E-state index contributed by atoms with van der Waals surface area (Å²) in [6, 6.07) is 13.8. The normalized spacial score (nSPS) is 16.7. The molecule has 4 nitrogen and oxygen atoms in total. The number of pyridine rings is 1. The molecule has 2 aromatic rings. The standard InChI is InChI=1S/C18H20N2O2S/c21-17(15-6-10-19-11-7-15)20-14-18(8-12-22-13-9-18)23-16-4-2-1-3-5-16/h1-7,10-11H,8-9,12-14H2,(H,20,21). The Balaban J connectivity index is 1.68. The predicted octanol–water partition coefficient (Wildman–Crippen LogP) is 3.15. The SMILES string of the molecule is O=C(NCC1(Sc2ccccc2)CCOCC1)c1ccncc1. The summed E-state index contributed by atoms with van der Waals surface area (Å²) in [7, 11) is 0. The third kappa shape index (κ3) is 4.33. The molecule has 1 saturated heterocycles. The second-order valence-electron chi connectivity index (χ2n) is 5.63. The van der Waals surface area contributed by atoms with E-state index in [0.717, 1.165) is 26.1 Å². The van der Waals surface area contributed by atoms with Crippen molar-refractivity contribution in [2.24, 2.45) is 0 Å². The molecule has 1 aromatic carbocycles. The first kappa shape index (κ1) is 16.0. The summed E-state index contributed by atoms with van der Waals surface area (Å²) in [5.74, 6) is -0.0491. The fourth-order valence-electron chi connectivity index (χ4n) is 2.64. The van der Waals surface area contributed by atoms with Crippen molar-refractivity contribution < 1.29 is 9.53 Å². The van der Waals surface area contributed by atoms with Crippen LogP contribution in [0, 0.1) is 0 Å². The van der Waals surface area contributed by atoms with Crippen molar-refractivity contribution in [3.63, 3.8) is 0 Å². The molecule has 2 heterocycles. The van der Waals surface area contributed by atoms with Gasteiger partial charge in [0, 0.05) is 47.4 Å². The quantitative estimate of drug-likeness (QED) is 0.916. The fourth-order valence-corrected chi connectivity index (χ4v) is 3.95. The Hall–Kier alpha value is -1.85. The number of nitrogens with zero attached hydrogens (tertiary/aromatic N) is 1. The Bertz CT molecular complexity index is 628. The van der Waals surface area contributed by atoms with Crippen LogP contribution < -0.4 is 5.32 Å². The van der Waals surface area contributed by atoms with Gasteiger partial charge in [-0.3, -0.25) is 9.78 Å². The van der Waals surface area contributed by atoms with Gasteiger partial charge in [-0.2, -0.15) is 0 Å². The van der Waals surface area contributed by atoms with Crippen LogP contribution >= 0.6 is 11.8 Å². The molecule has 0 aliphatic carbocycles. The number of rotatable bonds is 5. The largest absolute Gasteiger partial charge is 0.381 e. The van der Waals surface area contributed by atoms with Gasteiger partial charge in [-0.1, -0.05) is 18.2 Å². The molecule has 0 saturated carbocycles. The average molecular weight is 328 g/mol. The first-order valence-electron chi connectivity index (χ1n) is 7.78. The van der Waals surface area contributed by atoms with E-state index in [0.29, 0.717) is 12.1 Å². The van der Waals surface area contributed by atoms with Gasteiger partial charge in [0.1, 0.15) is 0 Å². The number of carbonyl (C=O) groups excluding carboxylic acids is 1. The molecule has 1 N–H and O–H groups in total. The third-order valence-electron chi connectivity index (χ3n) is 4.00. The lowest BCUT2D eigenvalue weighted by atomic mass is 9.99. The molecule has 0 spiro atoms. The van der Waals surface area contributed by atoms with Crippen molar-refractivity contribution in [2.75, 3.05) is 19.8 Å². The van der Waals surface area contributed by atoms with Crippen molar-refractivity contribution in [1.82, 2.24) is 10.3 Å². The number of carbonyl (C=O) groups is 1. The maximum atomic E-state index is 12.3. The Morgan fingerprint density at radius 3 is 2.52 bits per heavy atom. The van der Waals surface area contributed by atoms with Crippen LogP contribution in [-0.4, -0.2) is 35.4 Å².